The predicted octanol–water partition coefficient (Wildman–Crippen LogP) is 3.86. The average Bonchev–Trinajstić information content (AvgIpc) is 2.48. The summed E-state index contributed by atoms with van der Waals surface area (Å²) in [6.45, 7) is 0.545. The number of likely N-dealkylation sites (N-methyl/N-ethyl adjacent to an activating group) is 1. The highest BCUT2D eigenvalue weighted by Crippen LogP contribution is 2.22. The normalized spacial score (nSPS) is 16.8. The number of carbonyl (C=O) groups is 1. The number of carbonyl (C=O) groups excluding carboxylic acids is 1. The van der Waals surface area contributed by atoms with E-state index in [1.165, 1.54) is 37.0 Å². The number of ketones is 1. The van der Waals surface area contributed by atoms with Gasteiger partial charge in [0.25, 0.3) is 0 Å². The van der Waals surface area contributed by atoms with Crippen LogP contribution in [0.3, 0.4) is 0 Å². The third-order valence-electron chi connectivity index (χ3n) is 4.00. The van der Waals surface area contributed by atoms with Crippen molar-refractivity contribution in [1.82, 2.24) is 4.90 Å². The lowest BCUT2D eigenvalue weighted by atomic mass is 9.94. The lowest BCUT2D eigenvalue weighted by Crippen LogP contribution is -2.37. The zero-order valence-corrected chi connectivity index (χ0v) is 12.7. The van der Waals surface area contributed by atoms with Gasteiger partial charge in [0.2, 0.25) is 0 Å². The third kappa shape index (κ3) is 4.08. The Labute approximate surface area is 120 Å². The van der Waals surface area contributed by atoms with Crippen LogP contribution in [0.15, 0.2) is 29.2 Å². The van der Waals surface area contributed by atoms with E-state index in [0.717, 1.165) is 5.56 Å². The quantitative estimate of drug-likeness (QED) is 0.602. The first-order chi connectivity index (χ1) is 9.20. The van der Waals surface area contributed by atoms with Crippen molar-refractivity contribution < 1.29 is 4.79 Å². The van der Waals surface area contributed by atoms with E-state index >= 15 is 0 Å². The molecule has 0 radical (unpaired) electrons. The molecule has 0 N–H and O–H groups in total. The van der Waals surface area contributed by atoms with Gasteiger partial charge < -0.3 is 0 Å². The maximum atomic E-state index is 12.2. The van der Waals surface area contributed by atoms with Crippen molar-refractivity contribution >= 4 is 17.5 Å². The van der Waals surface area contributed by atoms with Gasteiger partial charge in [-0.05, 0) is 38.3 Å². The number of Topliss-reactive ketones (excluding diaryl/α,β-unsaturated/α-hetero) is 1. The summed E-state index contributed by atoms with van der Waals surface area (Å²) in [5.41, 5.74) is 0.834. The van der Waals surface area contributed by atoms with Crippen molar-refractivity contribution in [3.05, 3.63) is 29.8 Å². The molecule has 2 rings (SSSR count). The Morgan fingerprint density at radius 3 is 2.42 bits per heavy atom. The molecule has 1 aliphatic rings. The molecule has 0 atom stereocenters. The number of hydrogen-bond donors (Lipinski definition) is 0. The zero-order valence-electron chi connectivity index (χ0n) is 11.9. The molecule has 1 aromatic rings. The second-order valence-corrected chi connectivity index (χ2v) is 6.24. The maximum absolute atomic E-state index is 12.2. The van der Waals surface area contributed by atoms with Crippen LogP contribution in [-0.4, -0.2) is 36.6 Å². The van der Waals surface area contributed by atoms with Gasteiger partial charge in [0.1, 0.15) is 0 Å². The van der Waals surface area contributed by atoms with Gasteiger partial charge in [0.05, 0.1) is 6.54 Å². The molecule has 3 heteroatoms. The highest BCUT2D eigenvalue weighted by Gasteiger charge is 2.20. The van der Waals surface area contributed by atoms with Crippen LogP contribution in [0, 0.1) is 0 Å². The second-order valence-electron chi connectivity index (χ2n) is 5.36. The second kappa shape index (κ2) is 7.11. The molecule has 0 bridgehead atoms. The van der Waals surface area contributed by atoms with E-state index in [0.29, 0.717) is 12.6 Å². The number of rotatable bonds is 5. The van der Waals surface area contributed by atoms with Crippen molar-refractivity contribution in [3.8, 4) is 0 Å². The van der Waals surface area contributed by atoms with E-state index in [-0.39, 0.29) is 5.78 Å². The van der Waals surface area contributed by atoms with Crippen molar-refractivity contribution in [2.75, 3.05) is 19.8 Å². The Morgan fingerprint density at radius 2 is 1.84 bits per heavy atom. The Morgan fingerprint density at radius 1 is 1.21 bits per heavy atom. The van der Waals surface area contributed by atoms with E-state index in [4.69, 9.17) is 0 Å². The number of thioether (sulfide) groups is 1. The summed E-state index contributed by atoms with van der Waals surface area (Å²) in [7, 11) is 2.09. The lowest BCUT2D eigenvalue weighted by molar-refractivity contribution is 0.0899. The van der Waals surface area contributed by atoms with Gasteiger partial charge in [-0.2, -0.15) is 0 Å². The van der Waals surface area contributed by atoms with Crippen LogP contribution in [0.1, 0.15) is 42.5 Å². The van der Waals surface area contributed by atoms with Crippen LogP contribution in [0.2, 0.25) is 0 Å². The highest BCUT2D eigenvalue weighted by atomic mass is 32.2. The van der Waals surface area contributed by atoms with Crippen molar-refractivity contribution in [3.63, 3.8) is 0 Å². The van der Waals surface area contributed by atoms with Gasteiger partial charge in [-0.15, -0.1) is 11.8 Å². The summed E-state index contributed by atoms with van der Waals surface area (Å²) in [5.74, 6) is 0.237. The third-order valence-corrected chi connectivity index (χ3v) is 4.75. The van der Waals surface area contributed by atoms with Crippen LogP contribution >= 0.6 is 11.8 Å². The molecule has 19 heavy (non-hydrogen) atoms. The van der Waals surface area contributed by atoms with E-state index in [2.05, 4.69) is 11.9 Å². The van der Waals surface area contributed by atoms with Crippen molar-refractivity contribution in [2.45, 2.75) is 43.0 Å². The largest absolute Gasteiger partial charge is 0.296 e. The Balaban J connectivity index is 1.91. The number of benzene rings is 1. The molecule has 0 saturated heterocycles. The van der Waals surface area contributed by atoms with Gasteiger partial charge in [-0.25, -0.2) is 0 Å². The monoisotopic (exact) mass is 277 g/mol. The minimum Gasteiger partial charge on any atom is -0.296 e. The summed E-state index contributed by atoms with van der Waals surface area (Å²) < 4.78 is 0. The van der Waals surface area contributed by atoms with E-state index in [9.17, 15) is 4.79 Å². The summed E-state index contributed by atoms with van der Waals surface area (Å²) in [6, 6.07) is 8.55. The van der Waals surface area contributed by atoms with Gasteiger partial charge in [0, 0.05) is 16.5 Å². The standard InChI is InChI=1S/C16H23NOS/c1-17(14-6-4-3-5-7-14)12-16(18)13-8-10-15(19-2)11-9-13/h8-11,14H,3-7,12H2,1-2H3. The SMILES string of the molecule is CSc1ccc(C(=O)CN(C)C2CCCCC2)cc1. The fourth-order valence-electron chi connectivity index (χ4n) is 2.75. The Kier molecular flexibility index (Phi) is 5.46. The summed E-state index contributed by atoms with van der Waals surface area (Å²) in [4.78, 5) is 15.7. The molecular weight excluding hydrogens is 254 g/mol. The topological polar surface area (TPSA) is 20.3 Å². The van der Waals surface area contributed by atoms with Gasteiger partial charge in [-0.1, -0.05) is 31.4 Å². The van der Waals surface area contributed by atoms with Crippen LogP contribution in [-0.2, 0) is 0 Å². The van der Waals surface area contributed by atoms with Gasteiger partial charge >= 0.3 is 0 Å². The first kappa shape index (κ1) is 14.6. The van der Waals surface area contributed by atoms with Crippen LogP contribution < -0.4 is 0 Å². The molecule has 1 saturated carbocycles. The number of hydrogen-bond acceptors (Lipinski definition) is 3. The van der Waals surface area contributed by atoms with Crippen LogP contribution in [0.4, 0.5) is 0 Å². The average molecular weight is 277 g/mol. The predicted molar refractivity (Wildman–Crippen MR) is 82.1 cm³/mol. The van der Waals surface area contributed by atoms with Crippen LogP contribution in [0.5, 0.6) is 0 Å². The van der Waals surface area contributed by atoms with Crippen molar-refractivity contribution in [1.29, 1.82) is 0 Å². The fraction of sp³-hybridized carbons (Fsp3) is 0.562. The van der Waals surface area contributed by atoms with Crippen LogP contribution in [0.25, 0.3) is 0 Å². The molecule has 0 spiro atoms. The molecule has 0 aromatic heterocycles. The molecule has 0 unspecified atom stereocenters. The molecule has 0 amide bonds. The lowest BCUT2D eigenvalue weighted by Gasteiger charge is -2.30. The van der Waals surface area contributed by atoms with E-state index < -0.39 is 0 Å². The molecule has 1 aliphatic carbocycles. The molecule has 1 aromatic carbocycles. The van der Waals surface area contributed by atoms with Gasteiger partial charge in [0.15, 0.2) is 5.78 Å². The van der Waals surface area contributed by atoms with E-state index in [1.54, 1.807) is 11.8 Å². The summed E-state index contributed by atoms with van der Waals surface area (Å²) in [5, 5.41) is 0. The Hall–Kier alpha value is -0.800. The molecule has 1 fully saturated rings. The first-order valence-electron chi connectivity index (χ1n) is 7.08. The molecule has 0 heterocycles. The smallest absolute Gasteiger partial charge is 0.176 e. The summed E-state index contributed by atoms with van der Waals surface area (Å²) >= 11 is 1.70. The maximum Gasteiger partial charge on any atom is 0.176 e. The first-order valence-corrected chi connectivity index (χ1v) is 8.30. The minimum atomic E-state index is 0.237. The molecule has 104 valence electrons. The highest BCUT2D eigenvalue weighted by molar-refractivity contribution is 7.98. The summed E-state index contributed by atoms with van der Waals surface area (Å²) in [6.07, 6.45) is 8.52. The van der Waals surface area contributed by atoms with Gasteiger partial charge in [-0.3, -0.25) is 9.69 Å². The fourth-order valence-corrected chi connectivity index (χ4v) is 3.15. The van der Waals surface area contributed by atoms with Crippen molar-refractivity contribution in [2.24, 2.45) is 0 Å². The molecule has 2 nitrogen and oxygen atoms in total. The minimum absolute atomic E-state index is 0.237. The Bertz CT molecular complexity index is 409. The zero-order chi connectivity index (χ0) is 13.7. The molecule has 0 aliphatic heterocycles. The van der Waals surface area contributed by atoms with E-state index in [1.807, 2.05) is 30.5 Å². The number of nitrogens with zero attached hydrogens (tertiary/aromatic N) is 1. The molecular formula is C16H23NOS.